The highest BCUT2D eigenvalue weighted by molar-refractivity contribution is 6.11. The number of H-pyrrole nitrogens is 1. The smallest absolute Gasteiger partial charge is 0.220 e. The van der Waals surface area contributed by atoms with Gasteiger partial charge in [-0.15, -0.1) is 0 Å². The van der Waals surface area contributed by atoms with Gasteiger partial charge in [0, 0.05) is 27.5 Å². The lowest BCUT2D eigenvalue weighted by Gasteiger charge is -2.04. The van der Waals surface area contributed by atoms with E-state index in [1.807, 2.05) is 6.07 Å². The van der Waals surface area contributed by atoms with E-state index in [1.165, 1.54) is 10.8 Å². The summed E-state index contributed by atoms with van der Waals surface area (Å²) in [6, 6.07) is 31.8. The fourth-order valence-corrected chi connectivity index (χ4v) is 4.58. The van der Waals surface area contributed by atoms with E-state index in [0.717, 1.165) is 44.6 Å². The molecular weight excluding hydrogens is 356 g/mol. The number of benzene rings is 4. The number of hydrogen-bond donors (Lipinski definition) is 1. The Balaban J connectivity index is 1.70. The van der Waals surface area contributed by atoms with E-state index in [1.54, 1.807) is 0 Å². The Morgan fingerprint density at radius 2 is 1.38 bits per heavy atom. The molecule has 7 rings (SSSR count). The van der Waals surface area contributed by atoms with Gasteiger partial charge in [-0.2, -0.15) is 0 Å². The van der Waals surface area contributed by atoms with Crippen LogP contribution in [0, 0.1) is 0 Å². The molecule has 0 saturated heterocycles. The van der Waals surface area contributed by atoms with Gasteiger partial charge in [-0.1, -0.05) is 48.5 Å². The number of aromatic nitrogens is 4. The number of nitrogens with one attached hydrogen (secondary N) is 1. The van der Waals surface area contributed by atoms with Crippen molar-refractivity contribution in [2.24, 2.45) is 0 Å². The molecule has 0 atom stereocenters. The van der Waals surface area contributed by atoms with Crippen molar-refractivity contribution in [1.29, 1.82) is 0 Å². The summed E-state index contributed by atoms with van der Waals surface area (Å²) in [6.07, 6.45) is 0. The largest absolute Gasteiger partial charge is 0.354 e. The SMILES string of the molecule is c1ccc(-n2c3ccccc3n3c4cc5c(cc4nc23)[nH]c2ccccc25)cc1. The minimum atomic E-state index is 0.935. The Kier molecular flexibility index (Phi) is 2.71. The molecule has 1 N–H and O–H groups in total. The number of fused-ring (bicyclic) bond motifs is 8. The Bertz CT molecular complexity index is 1700. The third-order valence-electron chi connectivity index (χ3n) is 5.84. The maximum atomic E-state index is 5.05. The molecule has 0 radical (unpaired) electrons. The Labute approximate surface area is 165 Å². The molecule has 0 saturated carbocycles. The van der Waals surface area contributed by atoms with Crippen molar-refractivity contribution in [3.05, 3.63) is 91.0 Å². The first kappa shape index (κ1) is 14.9. The van der Waals surface area contributed by atoms with E-state index < -0.39 is 0 Å². The minimum absolute atomic E-state index is 0.935. The molecule has 0 aliphatic rings. The third-order valence-corrected chi connectivity index (χ3v) is 5.84. The van der Waals surface area contributed by atoms with Crippen LogP contribution in [-0.4, -0.2) is 18.9 Å². The molecule has 7 aromatic rings. The van der Waals surface area contributed by atoms with Gasteiger partial charge in [0.2, 0.25) is 5.78 Å². The number of imidazole rings is 2. The van der Waals surface area contributed by atoms with E-state index >= 15 is 0 Å². The highest BCUT2D eigenvalue weighted by Gasteiger charge is 2.18. The lowest BCUT2D eigenvalue weighted by molar-refractivity contribution is 1.11. The van der Waals surface area contributed by atoms with Gasteiger partial charge in [-0.05, 0) is 42.5 Å². The molecule has 0 fully saturated rings. The van der Waals surface area contributed by atoms with Crippen molar-refractivity contribution in [2.45, 2.75) is 0 Å². The molecule has 0 unspecified atom stereocenters. The van der Waals surface area contributed by atoms with E-state index in [4.69, 9.17) is 4.98 Å². The Morgan fingerprint density at radius 1 is 0.621 bits per heavy atom. The molecule has 0 aliphatic carbocycles. The molecule has 0 aliphatic heterocycles. The van der Waals surface area contributed by atoms with Crippen LogP contribution < -0.4 is 0 Å². The summed E-state index contributed by atoms with van der Waals surface area (Å²) < 4.78 is 4.51. The molecule has 4 heteroatoms. The summed E-state index contributed by atoms with van der Waals surface area (Å²) in [5.41, 5.74) is 7.83. The first-order valence-electron chi connectivity index (χ1n) is 9.76. The summed E-state index contributed by atoms with van der Waals surface area (Å²) in [5.74, 6) is 0.935. The van der Waals surface area contributed by atoms with Crippen molar-refractivity contribution >= 4 is 49.7 Å². The van der Waals surface area contributed by atoms with E-state index in [9.17, 15) is 0 Å². The summed E-state index contributed by atoms with van der Waals surface area (Å²) in [7, 11) is 0. The van der Waals surface area contributed by atoms with Gasteiger partial charge in [-0.25, -0.2) is 4.98 Å². The van der Waals surface area contributed by atoms with Gasteiger partial charge in [-0.3, -0.25) is 8.97 Å². The lowest BCUT2D eigenvalue weighted by Crippen LogP contribution is -1.94. The van der Waals surface area contributed by atoms with Crippen LogP contribution in [-0.2, 0) is 0 Å². The molecule has 0 amide bonds. The quantitative estimate of drug-likeness (QED) is 0.373. The summed E-state index contributed by atoms with van der Waals surface area (Å²) in [5, 5.41) is 2.47. The van der Waals surface area contributed by atoms with Crippen molar-refractivity contribution in [2.75, 3.05) is 0 Å². The standard InChI is InChI=1S/C25H16N4/c1-2-8-16(9-3-1)28-22-12-6-7-13-23(22)29-24-14-18-17-10-4-5-11-19(17)26-20(18)15-21(24)27-25(28)29/h1-15,26H. The van der Waals surface area contributed by atoms with Crippen molar-refractivity contribution in [1.82, 2.24) is 18.9 Å². The van der Waals surface area contributed by atoms with Crippen molar-refractivity contribution < 1.29 is 0 Å². The number of aromatic amines is 1. The minimum Gasteiger partial charge on any atom is -0.354 e. The average Bonchev–Trinajstić information content (AvgIpc) is 3.40. The predicted molar refractivity (Wildman–Crippen MR) is 119 cm³/mol. The molecule has 136 valence electrons. The van der Waals surface area contributed by atoms with Crippen molar-refractivity contribution in [3.8, 4) is 5.69 Å². The topological polar surface area (TPSA) is 38.0 Å². The second-order valence-electron chi connectivity index (χ2n) is 7.46. The molecule has 0 bridgehead atoms. The summed E-state index contributed by atoms with van der Waals surface area (Å²) in [4.78, 5) is 8.59. The van der Waals surface area contributed by atoms with Crippen LogP contribution in [0.25, 0.3) is 55.3 Å². The van der Waals surface area contributed by atoms with Crippen molar-refractivity contribution in [3.63, 3.8) is 0 Å². The number of para-hydroxylation sites is 4. The first-order valence-corrected chi connectivity index (χ1v) is 9.76. The second-order valence-corrected chi connectivity index (χ2v) is 7.46. The van der Waals surface area contributed by atoms with Gasteiger partial charge < -0.3 is 4.98 Å². The van der Waals surface area contributed by atoms with Gasteiger partial charge in [0.05, 0.1) is 22.1 Å². The Hall–Kier alpha value is -4.05. The molecule has 3 aromatic heterocycles. The summed E-state index contributed by atoms with van der Waals surface area (Å²) >= 11 is 0. The molecule has 29 heavy (non-hydrogen) atoms. The maximum Gasteiger partial charge on any atom is 0.220 e. The second kappa shape index (κ2) is 5.26. The zero-order valence-electron chi connectivity index (χ0n) is 15.5. The monoisotopic (exact) mass is 372 g/mol. The lowest BCUT2D eigenvalue weighted by atomic mass is 10.1. The zero-order chi connectivity index (χ0) is 18.9. The zero-order valence-corrected chi connectivity index (χ0v) is 15.5. The Morgan fingerprint density at radius 3 is 2.28 bits per heavy atom. The number of rotatable bonds is 1. The van der Waals surface area contributed by atoms with Crippen LogP contribution in [0.5, 0.6) is 0 Å². The third kappa shape index (κ3) is 1.90. The molecule has 4 nitrogen and oxygen atoms in total. The van der Waals surface area contributed by atoms with E-state index in [2.05, 4.69) is 98.9 Å². The van der Waals surface area contributed by atoms with Gasteiger partial charge >= 0.3 is 0 Å². The van der Waals surface area contributed by atoms with Gasteiger partial charge in [0.15, 0.2) is 0 Å². The fourth-order valence-electron chi connectivity index (χ4n) is 4.58. The highest BCUT2D eigenvalue weighted by Crippen LogP contribution is 2.33. The van der Waals surface area contributed by atoms with Crippen LogP contribution >= 0.6 is 0 Å². The summed E-state index contributed by atoms with van der Waals surface area (Å²) in [6.45, 7) is 0. The fraction of sp³-hybridized carbons (Fsp3) is 0. The van der Waals surface area contributed by atoms with Crippen LogP contribution in [0.15, 0.2) is 91.0 Å². The van der Waals surface area contributed by atoms with Crippen LogP contribution in [0.4, 0.5) is 0 Å². The van der Waals surface area contributed by atoms with E-state index in [0.29, 0.717) is 0 Å². The maximum absolute atomic E-state index is 5.05. The molecular formula is C25H16N4. The van der Waals surface area contributed by atoms with Gasteiger partial charge in [0.1, 0.15) is 0 Å². The highest BCUT2D eigenvalue weighted by atomic mass is 15.2. The van der Waals surface area contributed by atoms with Crippen LogP contribution in [0.1, 0.15) is 0 Å². The van der Waals surface area contributed by atoms with E-state index in [-0.39, 0.29) is 0 Å². The number of hydrogen-bond acceptors (Lipinski definition) is 1. The first-order chi connectivity index (χ1) is 14.4. The predicted octanol–water partition coefficient (Wildman–Crippen LogP) is 6.07. The molecule has 3 heterocycles. The number of nitrogens with zero attached hydrogens (tertiary/aromatic N) is 3. The van der Waals surface area contributed by atoms with Gasteiger partial charge in [0.25, 0.3) is 0 Å². The molecule has 4 aromatic carbocycles. The molecule has 0 spiro atoms. The normalized spacial score (nSPS) is 12.1. The van der Waals surface area contributed by atoms with Crippen LogP contribution in [0.2, 0.25) is 0 Å². The van der Waals surface area contributed by atoms with Crippen LogP contribution in [0.3, 0.4) is 0 Å². The average molecular weight is 372 g/mol.